The van der Waals surface area contributed by atoms with Gasteiger partial charge in [-0.3, -0.25) is 9.99 Å². The number of hydrazine groups is 1. The molecule has 1 aromatic carbocycles. The molecule has 2 aromatic rings. The Morgan fingerprint density at radius 3 is 2.68 bits per heavy atom. The highest BCUT2D eigenvalue weighted by Gasteiger charge is 2.34. The van der Waals surface area contributed by atoms with E-state index in [1.165, 1.54) is 23.3 Å². The minimum Gasteiger partial charge on any atom is -0.264 e. The summed E-state index contributed by atoms with van der Waals surface area (Å²) < 4.78 is 28.8. The number of hydrogen-bond acceptors (Lipinski definition) is 5. The molecule has 1 aliphatic rings. The first-order valence-corrected chi connectivity index (χ1v) is 8.35. The Morgan fingerprint density at radius 2 is 2.05 bits per heavy atom. The predicted octanol–water partition coefficient (Wildman–Crippen LogP) is 2.48. The zero-order chi connectivity index (χ0) is 15.9. The average Bonchev–Trinajstić information content (AvgIpc) is 2.46. The molecule has 6 nitrogen and oxygen atoms in total. The van der Waals surface area contributed by atoms with Crippen molar-refractivity contribution in [2.24, 2.45) is 4.40 Å². The summed E-state index contributed by atoms with van der Waals surface area (Å²) in [4.78, 5) is 3.90. The van der Waals surface area contributed by atoms with E-state index in [1.807, 2.05) is 0 Å². The van der Waals surface area contributed by atoms with E-state index in [1.54, 1.807) is 25.4 Å². The highest BCUT2D eigenvalue weighted by Crippen LogP contribution is 2.39. The van der Waals surface area contributed by atoms with Gasteiger partial charge in [-0.1, -0.05) is 23.2 Å². The fraction of sp³-hybridized carbons (Fsp3) is 0.0769. The van der Waals surface area contributed by atoms with Gasteiger partial charge in [0.05, 0.1) is 10.7 Å². The van der Waals surface area contributed by atoms with Crippen molar-refractivity contribution in [2.45, 2.75) is 4.90 Å². The van der Waals surface area contributed by atoms with Crippen LogP contribution in [0.25, 0.3) is 0 Å². The Kier molecular flexibility index (Phi) is 3.82. The lowest BCUT2D eigenvalue weighted by Gasteiger charge is -2.30. The van der Waals surface area contributed by atoms with E-state index >= 15 is 0 Å². The normalized spacial score (nSPS) is 16.1. The van der Waals surface area contributed by atoms with Crippen LogP contribution in [0.15, 0.2) is 46.0 Å². The Labute approximate surface area is 137 Å². The number of sulfonamides is 1. The van der Waals surface area contributed by atoms with Crippen molar-refractivity contribution in [1.29, 1.82) is 0 Å². The molecule has 1 N–H and O–H groups in total. The summed E-state index contributed by atoms with van der Waals surface area (Å²) in [5.74, 6) is 0.196. The summed E-state index contributed by atoms with van der Waals surface area (Å²) in [5.41, 5.74) is 3.75. The third-order valence-corrected chi connectivity index (χ3v) is 5.04. The molecule has 114 valence electrons. The maximum atomic E-state index is 12.5. The molecule has 22 heavy (non-hydrogen) atoms. The van der Waals surface area contributed by atoms with Crippen molar-refractivity contribution in [3.63, 3.8) is 0 Å². The molecule has 0 amide bonds. The molecule has 0 saturated heterocycles. The van der Waals surface area contributed by atoms with Gasteiger partial charge in [-0.05, 0) is 24.3 Å². The first-order valence-electron chi connectivity index (χ1n) is 6.16. The van der Waals surface area contributed by atoms with Crippen LogP contribution in [0.1, 0.15) is 5.56 Å². The molecule has 0 atom stereocenters. The number of nitrogens with zero attached hydrogens (tertiary/aromatic N) is 3. The number of aromatic nitrogens is 1. The molecule has 0 aliphatic carbocycles. The van der Waals surface area contributed by atoms with Gasteiger partial charge in [0, 0.05) is 30.0 Å². The maximum Gasteiger partial charge on any atom is 0.287 e. The van der Waals surface area contributed by atoms with Crippen molar-refractivity contribution in [3.05, 3.63) is 52.3 Å². The second-order valence-electron chi connectivity index (χ2n) is 4.43. The first-order chi connectivity index (χ1) is 10.4. The predicted molar refractivity (Wildman–Crippen MR) is 86.0 cm³/mol. The van der Waals surface area contributed by atoms with Gasteiger partial charge in [0.1, 0.15) is 4.90 Å². The molecule has 0 fully saturated rings. The van der Waals surface area contributed by atoms with Gasteiger partial charge in [0.2, 0.25) is 0 Å². The van der Waals surface area contributed by atoms with Crippen LogP contribution in [0.2, 0.25) is 10.0 Å². The fourth-order valence-electron chi connectivity index (χ4n) is 2.19. The largest absolute Gasteiger partial charge is 0.287 e. The summed E-state index contributed by atoms with van der Waals surface area (Å²) in [5, 5.41) is 1.86. The number of rotatable bonds is 2. The number of anilines is 1. The van der Waals surface area contributed by atoms with Crippen LogP contribution in [-0.4, -0.2) is 26.3 Å². The summed E-state index contributed by atoms with van der Waals surface area (Å²) in [6.45, 7) is 0. The summed E-state index contributed by atoms with van der Waals surface area (Å²) in [7, 11) is -2.30. The van der Waals surface area contributed by atoms with Gasteiger partial charge in [-0.25, -0.2) is 5.43 Å². The van der Waals surface area contributed by atoms with Crippen molar-refractivity contribution in [1.82, 2.24) is 10.4 Å². The minimum atomic E-state index is -3.94. The van der Waals surface area contributed by atoms with E-state index in [0.29, 0.717) is 16.3 Å². The Hall–Kier alpha value is -1.67. The molecule has 9 heteroatoms. The average molecular weight is 357 g/mol. The molecular formula is C13H10Cl2N4O2S. The minimum absolute atomic E-state index is 0.0248. The van der Waals surface area contributed by atoms with Gasteiger partial charge >= 0.3 is 0 Å². The molecule has 0 radical (unpaired) electrons. The molecule has 0 bridgehead atoms. The van der Waals surface area contributed by atoms with E-state index < -0.39 is 10.0 Å². The lowest BCUT2D eigenvalue weighted by atomic mass is 10.2. The number of halogens is 2. The summed E-state index contributed by atoms with van der Waals surface area (Å²) >= 11 is 12.1. The number of pyridine rings is 1. The van der Waals surface area contributed by atoms with Gasteiger partial charge in [0.25, 0.3) is 10.0 Å². The van der Waals surface area contributed by atoms with Gasteiger partial charge in [-0.2, -0.15) is 8.42 Å². The summed E-state index contributed by atoms with van der Waals surface area (Å²) in [6, 6.07) is 6.29. The van der Waals surface area contributed by atoms with Crippen LogP contribution in [0.4, 0.5) is 5.69 Å². The van der Waals surface area contributed by atoms with E-state index in [9.17, 15) is 8.42 Å². The molecule has 3 rings (SSSR count). The van der Waals surface area contributed by atoms with Crippen molar-refractivity contribution < 1.29 is 8.42 Å². The van der Waals surface area contributed by atoms with Gasteiger partial charge in [0.15, 0.2) is 5.84 Å². The van der Waals surface area contributed by atoms with Gasteiger partial charge < -0.3 is 0 Å². The quantitative estimate of drug-likeness (QED) is 0.894. The first kappa shape index (κ1) is 15.2. The Balaban J connectivity index is 2.31. The molecule has 2 heterocycles. The van der Waals surface area contributed by atoms with Crippen LogP contribution >= 0.6 is 23.2 Å². The smallest absolute Gasteiger partial charge is 0.264 e. The Morgan fingerprint density at radius 1 is 1.27 bits per heavy atom. The van der Waals surface area contributed by atoms with E-state index in [4.69, 9.17) is 23.2 Å². The number of hydrogen-bond donors (Lipinski definition) is 1. The molecule has 1 aromatic heterocycles. The monoisotopic (exact) mass is 356 g/mol. The second-order valence-corrected chi connectivity index (χ2v) is 6.81. The van der Waals surface area contributed by atoms with Crippen LogP contribution in [-0.2, 0) is 10.0 Å². The highest BCUT2D eigenvalue weighted by atomic mass is 35.5. The maximum absolute atomic E-state index is 12.5. The molecular weight excluding hydrogens is 347 g/mol. The second kappa shape index (κ2) is 5.51. The third kappa shape index (κ3) is 2.46. The van der Waals surface area contributed by atoms with E-state index in [-0.39, 0.29) is 15.8 Å². The zero-order valence-corrected chi connectivity index (χ0v) is 13.6. The third-order valence-electron chi connectivity index (χ3n) is 3.05. The van der Waals surface area contributed by atoms with E-state index in [0.717, 1.165) is 0 Å². The topological polar surface area (TPSA) is 74.7 Å². The number of benzene rings is 1. The lowest BCUT2D eigenvalue weighted by Crippen LogP contribution is -2.44. The van der Waals surface area contributed by atoms with Crippen LogP contribution in [0.5, 0.6) is 0 Å². The number of nitrogens with one attached hydrogen (secondary N) is 1. The SMILES string of the molecule is CNN1C(c2cccnc2)=NS(=O)(=O)c2c(Cl)cc(Cl)cc21. The molecule has 0 spiro atoms. The zero-order valence-electron chi connectivity index (χ0n) is 11.3. The van der Waals surface area contributed by atoms with Crippen LogP contribution < -0.4 is 10.4 Å². The lowest BCUT2D eigenvalue weighted by molar-refractivity contribution is 0.596. The van der Waals surface area contributed by atoms with Crippen molar-refractivity contribution in [2.75, 3.05) is 12.1 Å². The molecule has 1 aliphatic heterocycles. The standard InChI is InChI=1S/C13H10Cl2N4O2S/c1-16-19-11-6-9(14)5-10(15)12(11)22(20,21)18-13(19)8-3-2-4-17-7-8/h2-7,16H,1H3. The number of fused-ring (bicyclic) bond motifs is 1. The van der Waals surface area contributed by atoms with Crippen molar-refractivity contribution in [3.8, 4) is 0 Å². The molecule has 0 saturated carbocycles. The molecule has 0 unspecified atom stereocenters. The van der Waals surface area contributed by atoms with E-state index in [2.05, 4.69) is 14.8 Å². The van der Waals surface area contributed by atoms with Crippen molar-refractivity contribution >= 4 is 44.7 Å². The van der Waals surface area contributed by atoms with Crippen LogP contribution in [0, 0.1) is 0 Å². The Bertz CT molecular complexity index is 869. The number of amidine groups is 1. The highest BCUT2D eigenvalue weighted by molar-refractivity contribution is 7.90. The van der Waals surface area contributed by atoms with Gasteiger partial charge in [-0.15, -0.1) is 4.40 Å². The van der Waals surface area contributed by atoms with Crippen LogP contribution in [0.3, 0.4) is 0 Å². The summed E-state index contributed by atoms with van der Waals surface area (Å²) in [6.07, 6.45) is 3.11. The fourth-order valence-corrected chi connectivity index (χ4v) is 4.19.